The van der Waals surface area contributed by atoms with E-state index in [1.807, 2.05) is 17.9 Å². The number of aromatic nitrogens is 2. The third kappa shape index (κ3) is 4.22. The summed E-state index contributed by atoms with van der Waals surface area (Å²) in [5.41, 5.74) is 2.40. The van der Waals surface area contributed by atoms with Crippen molar-refractivity contribution < 1.29 is 12.8 Å². The van der Waals surface area contributed by atoms with Gasteiger partial charge in [0.15, 0.2) is 0 Å². The molecule has 2 aromatic heterocycles. The van der Waals surface area contributed by atoms with Gasteiger partial charge in [0.1, 0.15) is 11.5 Å². The van der Waals surface area contributed by atoms with Crippen LogP contribution in [0, 0.1) is 12.7 Å². The van der Waals surface area contributed by atoms with Gasteiger partial charge in [0, 0.05) is 37.6 Å². The highest BCUT2D eigenvalue weighted by atomic mass is 32.2. The molecule has 0 amide bonds. The Morgan fingerprint density at radius 1 is 1.20 bits per heavy atom. The Kier molecular flexibility index (Phi) is 5.57. The summed E-state index contributed by atoms with van der Waals surface area (Å²) >= 11 is 0. The lowest BCUT2D eigenvalue weighted by Crippen LogP contribution is -2.36. The highest BCUT2D eigenvalue weighted by Gasteiger charge is 2.28. The standard InChI is InChI=1S/C21H23FN4O3S/c1-16-5-3-9-26-20(27)14-18(23-21(16)26)15-24(19-7-2-6-17(22)13-19)10-11-25-8-4-12-30(25,28)29/h2-3,5-7,9,13-14H,4,8,10-12,15H2,1H3. The molecule has 0 aliphatic carbocycles. The maximum absolute atomic E-state index is 13.9. The molecule has 3 aromatic rings. The van der Waals surface area contributed by atoms with Crippen LogP contribution in [-0.2, 0) is 16.6 Å². The minimum atomic E-state index is -3.22. The minimum Gasteiger partial charge on any atom is -0.364 e. The summed E-state index contributed by atoms with van der Waals surface area (Å²) in [6.07, 6.45) is 2.29. The fourth-order valence-electron chi connectivity index (χ4n) is 3.73. The van der Waals surface area contributed by atoms with Gasteiger partial charge in [-0.05, 0) is 43.2 Å². The van der Waals surface area contributed by atoms with Crippen molar-refractivity contribution in [1.82, 2.24) is 13.7 Å². The van der Waals surface area contributed by atoms with Crippen molar-refractivity contribution >= 4 is 21.4 Å². The van der Waals surface area contributed by atoms with Crippen LogP contribution in [-0.4, -0.2) is 47.5 Å². The second-order valence-electron chi connectivity index (χ2n) is 7.44. The van der Waals surface area contributed by atoms with Crippen LogP contribution in [0.2, 0.25) is 0 Å². The van der Waals surface area contributed by atoms with Crippen molar-refractivity contribution in [2.24, 2.45) is 0 Å². The Morgan fingerprint density at radius 2 is 2.03 bits per heavy atom. The molecular formula is C21H23FN4O3S. The van der Waals surface area contributed by atoms with Gasteiger partial charge in [-0.2, -0.15) is 0 Å². The molecule has 4 rings (SSSR count). The number of fused-ring (bicyclic) bond motifs is 1. The van der Waals surface area contributed by atoms with Gasteiger partial charge in [-0.3, -0.25) is 9.20 Å². The van der Waals surface area contributed by atoms with Crippen LogP contribution >= 0.6 is 0 Å². The van der Waals surface area contributed by atoms with Crippen LogP contribution < -0.4 is 10.5 Å². The quantitative estimate of drug-likeness (QED) is 0.599. The number of halogens is 1. The van der Waals surface area contributed by atoms with E-state index in [0.717, 1.165) is 5.56 Å². The molecule has 0 radical (unpaired) electrons. The summed E-state index contributed by atoms with van der Waals surface area (Å²) in [5, 5.41) is 0. The van der Waals surface area contributed by atoms with Crippen molar-refractivity contribution in [2.45, 2.75) is 19.9 Å². The number of benzene rings is 1. The average Bonchev–Trinajstić information content (AvgIpc) is 3.04. The number of nitrogens with zero attached hydrogens (tertiary/aromatic N) is 4. The van der Waals surface area contributed by atoms with E-state index in [1.54, 1.807) is 24.4 Å². The summed E-state index contributed by atoms with van der Waals surface area (Å²) in [7, 11) is -3.22. The largest absolute Gasteiger partial charge is 0.364 e. The summed E-state index contributed by atoms with van der Waals surface area (Å²) < 4.78 is 41.1. The number of pyridine rings is 1. The van der Waals surface area contributed by atoms with Gasteiger partial charge in [-0.15, -0.1) is 0 Å². The lowest BCUT2D eigenvalue weighted by atomic mass is 10.2. The van der Waals surface area contributed by atoms with Crippen LogP contribution in [0.1, 0.15) is 17.7 Å². The fraction of sp³-hybridized carbons (Fsp3) is 0.333. The number of anilines is 1. The number of aryl methyl sites for hydroxylation is 1. The summed E-state index contributed by atoms with van der Waals surface area (Å²) in [4.78, 5) is 19.0. The van der Waals surface area contributed by atoms with E-state index in [9.17, 15) is 17.6 Å². The first kappa shape index (κ1) is 20.5. The number of sulfonamides is 1. The first-order valence-corrected chi connectivity index (χ1v) is 11.4. The number of hydrogen-bond acceptors (Lipinski definition) is 5. The summed E-state index contributed by atoms with van der Waals surface area (Å²) in [6, 6.07) is 11.3. The van der Waals surface area contributed by atoms with Crippen molar-refractivity contribution in [3.8, 4) is 0 Å². The predicted octanol–water partition coefficient (Wildman–Crippen LogP) is 2.18. The molecule has 158 valence electrons. The molecule has 0 bridgehead atoms. The fourth-order valence-corrected chi connectivity index (χ4v) is 5.25. The predicted molar refractivity (Wildman–Crippen MR) is 114 cm³/mol. The molecular weight excluding hydrogens is 407 g/mol. The van der Waals surface area contributed by atoms with E-state index >= 15 is 0 Å². The zero-order valence-corrected chi connectivity index (χ0v) is 17.5. The molecule has 9 heteroatoms. The third-order valence-corrected chi connectivity index (χ3v) is 7.24. The molecule has 7 nitrogen and oxygen atoms in total. The zero-order chi connectivity index (χ0) is 21.3. The van der Waals surface area contributed by atoms with E-state index < -0.39 is 10.0 Å². The molecule has 1 saturated heterocycles. The Hall–Kier alpha value is -2.78. The van der Waals surface area contributed by atoms with Gasteiger partial charge in [-0.1, -0.05) is 12.1 Å². The van der Waals surface area contributed by atoms with E-state index in [4.69, 9.17) is 0 Å². The van der Waals surface area contributed by atoms with Gasteiger partial charge in [0.05, 0.1) is 18.0 Å². The second kappa shape index (κ2) is 8.16. The smallest absolute Gasteiger partial charge is 0.258 e. The van der Waals surface area contributed by atoms with Crippen LogP contribution in [0.5, 0.6) is 0 Å². The van der Waals surface area contributed by atoms with Gasteiger partial charge in [0.25, 0.3) is 5.56 Å². The zero-order valence-electron chi connectivity index (χ0n) is 16.7. The first-order valence-electron chi connectivity index (χ1n) is 9.80. The molecule has 0 spiro atoms. The summed E-state index contributed by atoms with van der Waals surface area (Å²) in [6.45, 7) is 3.29. The topological polar surface area (TPSA) is 75.0 Å². The number of rotatable bonds is 6. The lowest BCUT2D eigenvalue weighted by molar-refractivity contribution is 0.445. The van der Waals surface area contributed by atoms with Crippen molar-refractivity contribution in [3.05, 3.63) is 76.1 Å². The second-order valence-corrected chi connectivity index (χ2v) is 9.53. The monoisotopic (exact) mass is 430 g/mol. The van der Waals surface area contributed by atoms with Crippen molar-refractivity contribution in [1.29, 1.82) is 0 Å². The first-order chi connectivity index (χ1) is 14.3. The van der Waals surface area contributed by atoms with Gasteiger partial charge in [-0.25, -0.2) is 22.1 Å². The van der Waals surface area contributed by atoms with Crippen LogP contribution in [0.3, 0.4) is 0 Å². The van der Waals surface area contributed by atoms with Gasteiger partial charge in [0.2, 0.25) is 10.0 Å². The Labute approximate surface area is 174 Å². The van der Waals surface area contributed by atoms with E-state index in [-0.39, 0.29) is 23.7 Å². The molecule has 1 aliphatic heterocycles. The molecule has 1 fully saturated rings. The Morgan fingerprint density at radius 3 is 2.77 bits per heavy atom. The average molecular weight is 431 g/mol. The highest BCUT2D eigenvalue weighted by molar-refractivity contribution is 7.89. The SMILES string of the molecule is Cc1cccn2c(=O)cc(CN(CCN3CCCS3(=O)=O)c3cccc(F)c3)nc12. The van der Waals surface area contributed by atoms with Gasteiger partial charge >= 0.3 is 0 Å². The van der Waals surface area contributed by atoms with E-state index in [0.29, 0.717) is 43.1 Å². The van der Waals surface area contributed by atoms with E-state index in [1.165, 1.54) is 26.9 Å². The highest BCUT2D eigenvalue weighted by Crippen LogP contribution is 2.20. The van der Waals surface area contributed by atoms with Crippen LogP contribution in [0.15, 0.2) is 53.5 Å². The van der Waals surface area contributed by atoms with Crippen LogP contribution in [0.4, 0.5) is 10.1 Å². The third-order valence-electron chi connectivity index (χ3n) is 5.29. The molecule has 0 N–H and O–H groups in total. The maximum Gasteiger partial charge on any atom is 0.258 e. The number of hydrogen-bond donors (Lipinski definition) is 0. The minimum absolute atomic E-state index is 0.162. The van der Waals surface area contributed by atoms with Crippen molar-refractivity contribution in [2.75, 3.05) is 30.3 Å². The Bertz CT molecular complexity index is 1240. The molecule has 3 heterocycles. The summed E-state index contributed by atoms with van der Waals surface area (Å²) in [5.74, 6) is -0.219. The molecule has 0 saturated carbocycles. The Balaban J connectivity index is 1.65. The molecule has 1 aliphatic rings. The normalized spacial score (nSPS) is 16.2. The molecule has 30 heavy (non-hydrogen) atoms. The maximum atomic E-state index is 13.9. The van der Waals surface area contributed by atoms with E-state index in [2.05, 4.69) is 4.98 Å². The van der Waals surface area contributed by atoms with Gasteiger partial charge < -0.3 is 4.90 Å². The van der Waals surface area contributed by atoms with Crippen molar-refractivity contribution in [3.63, 3.8) is 0 Å². The molecule has 0 unspecified atom stereocenters. The molecule has 0 atom stereocenters. The molecule has 1 aromatic carbocycles. The lowest BCUT2D eigenvalue weighted by Gasteiger charge is -2.27. The van der Waals surface area contributed by atoms with Crippen LogP contribution in [0.25, 0.3) is 5.65 Å².